The molecular weight excluding hydrogens is 342 g/mol. The normalized spacial score (nSPS) is 21.7. The minimum atomic E-state index is 0.328. The Morgan fingerprint density at radius 3 is 2.52 bits per heavy atom. The van der Waals surface area contributed by atoms with Crippen molar-refractivity contribution in [1.29, 1.82) is 0 Å². The quantitative estimate of drug-likeness (QED) is 0.786. The molecule has 3 heterocycles. The molecule has 3 aliphatic rings. The highest BCUT2D eigenvalue weighted by atomic mass is 16.5. The van der Waals surface area contributed by atoms with Gasteiger partial charge in [0.1, 0.15) is 0 Å². The van der Waals surface area contributed by atoms with Crippen LogP contribution in [-0.4, -0.2) is 73.5 Å². The number of amides is 1. The number of piperazine rings is 1. The van der Waals surface area contributed by atoms with Gasteiger partial charge in [0.15, 0.2) is 5.82 Å². The van der Waals surface area contributed by atoms with E-state index in [1.54, 1.807) is 0 Å². The van der Waals surface area contributed by atoms with Crippen molar-refractivity contribution in [2.24, 2.45) is 5.92 Å². The number of carbonyl (C=O) groups excluding carboxylic acids is 1. The second-order valence-corrected chi connectivity index (χ2v) is 7.93. The third-order valence-corrected chi connectivity index (χ3v) is 6.20. The molecule has 27 heavy (non-hydrogen) atoms. The van der Waals surface area contributed by atoms with E-state index in [0.29, 0.717) is 5.91 Å². The van der Waals surface area contributed by atoms with E-state index >= 15 is 0 Å². The fourth-order valence-electron chi connectivity index (χ4n) is 4.46. The number of hydrogen-bond donors (Lipinski definition) is 0. The van der Waals surface area contributed by atoms with E-state index in [-0.39, 0.29) is 0 Å². The zero-order valence-electron chi connectivity index (χ0n) is 16.2. The Bertz CT molecular complexity index is 621. The molecule has 1 aliphatic carbocycles. The molecule has 0 unspecified atom stereocenters. The van der Waals surface area contributed by atoms with E-state index in [4.69, 9.17) is 4.74 Å². The molecule has 1 amide bonds. The van der Waals surface area contributed by atoms with Crippen molar-refractivity contribution in [3.05, 3.63) is 12.3 Å². The lowest BCUT2D eigenvalue weighted by Gasteiger charge is -2.36. The summed E-state index contributed by atoms with van der Waals surface area (Å²) in [4.78, 5) is 19.1. The molecule has 0 N–H and O–H groups in total. The molecule has 0 spiro atoms. The minimum Gasteiger partial charge on any atom is -0.378 e. The van der Waals surface area contributed by atoms with Gasteiger partial charge < -0.3 is 19.4 Å². The first kappa shape index (κ1) is 18.5. The van der Waals surface area contributed by atoms with Gasteiger partial charge in [0.05, 0.1) is 25.1 Å². The molecule has 2 aliphatic heterocycles. The number of anilines is 2. The lowest BCUT2D eigenvalue weighted by Crippen LogP contribution is -2.49. The van der Waals surface area contributed by atoms with Gasteiger partial charge in [-0.2, -0.15) is 5.10 Å². The van der Waals surface area contributed by atoms with Gasteiger partial charge in [-0.05, 0) is 12.3 Å². The third kappa shape index (κ3) is 4.69. The number of ether oxygens (including phenoxy) is 1. The molecule has 0 radical (unpaired) electrons. The zero-order chi connectivity index (χ0) is 18.5. The standard InChI is InChI=1S/C20H31N5O2/c26-20(6-5-17-3-1-2-4-17)25-9-7-24(8-10-25)19-15-18(16-21-22-19)23-11-13-27-14-12-23/h15-17H,1-14H2. The van der Waals surface area contributed by atoms with E-state index < -0.39 is 0 Å². The van der Waals surface area contributed by atoms with Crippen LogP contribution in [-0.2, 0) is 9.53 Å². The molecule has 1 aromatic heterocycles. The van der Waals surface area contributed by atoms with E-state index in [9.17, 15) is 4.79 Å². The number of nitrogens with zero attached hydrogens (tertiary/aromatic N) is 5. The molecule has 1 saturated carbocycles. The average Bonchev–Trinajstić information content (AvgIpc) is 3.27. The summed E-state index contributed by atoms with van der Waals surface area (Å²) in [5.74, 6) is 2.03. The number of aromatic nitrogens is 2. The van der Waals surface area contributed by atoms with Gasteiger partial charge in [-0.15, -0.1) is 5.10 Å². The largest absolute Gasteiger partial charge is 0.378 e. The molecule has 7 nitrogen and oxygen atoms in total. The predicted molar refractivity (Wildman–Crippen MR) is 105 cm³/mol. The van der Waals surface area contributed by atoms with Crippen LogP contribution in [0.3, 0.4) is 0 Å². The monoisotopic (exact) mass is 373 g/mol. The second kappa shape index (κ2) is 8.87. The fourth-order valence-corrected chi connectivity index (χ4v) is 4.46. The summed E-state index contributed by atoms with van der Waals surface area (Å²) in [6.45, 7) is 6.55. The molecule has 4 rings (SSSR count). The Labute approximate surface area is 161 Å². The van der Waals surface area contributed by atoms with Gasteiger partial charge in [-0.25, -0.2) is 0 Å². The lowest BCUT2D eigenvalue weighted by molar-refractivity contribution is -0.131. The number of hydrogen-bond acceptors (Lipinski definition) is 6. The lowest BCUT2D eigenvalue weighted by atomic mass is 10.0. The Morgan fingerprint density at radius 1 is 1.04 bits per heavy atom. The van der Waals surface area contributed by atoms with E-state index in [0.717, 1.165) is 82.7 Å². The van der Waals surface area contributed by atoms with Crippen LogP contribution in [0.4, 0.5) is 11.5 Å². The van der Waals surface area contributed by atoms with Crippen LogP contribution in [0.2, 0.25) is 0 Å². The highest BCUT2D eigenvalue weighted by Crippen LogP contribution is 2.29. The molecule has 1 aromatic rings. The maximum Gasteiger partial charge on any atom is 0.222 e. The fraction of sp³-hybridized carbons (Fsp3) is 0.750. The topological polar surface area (TPSA) is 61.8 Å². The molecule has 148 valence electrons. The minimum absolute atomic E-state index is 0.328. The summed E-state index contributed by atoms with van der Waals surface area (Å²) < 4.78 is 5.43. The van der Waals surface area contributed by atoms with Crippen LogP contribution in [0.25, 0.3) is 0 Å². The Kier molecular flexibility index (Phi) is 6.07. The number of rotatable bonds is 5. The van der Waals surface area contributed by atoms with Crippen molar-refractivity contribution in [2.45, 2.75) is 38.5 Å². The molecule has 0 bridgehead atoms. The third-order valence-electron chi connectivity index (χ3n) is 6.20. The van der Waals surface area contributed by atoms with E-state index in [1.165, 1.54) is 25.7 Å². The average molecular weight is 374 g/mol. The highest BCUT2D eigenvalue weighted by molar-refractivity contribution is 5.76. The van der Waals surface area contributed by atoms with Crippen molar-refractivity contribution < 1.29 is 9.53 Å². The second-order valence-electron chi connectivity index (χ2n) is 7.93. The van der Waals surface area contributed by atoms with Crippen LogP contribution < -0.4 is 9.80 Å². The van der Waals surface area contributed by atoms with Crippen molar-refractivity contribution >= 4 is 17.4 Å². The van der Waals surface area contributed by atoms with Crippen LogP contribution in [0.1, 0.15) is 38.5 Å². The first-order valence-electron chi connectivity index (χ1n) is 10.5. The van der Waals surface area contributed by atoms with Crippen molar-refractivity contribution in [3.63, 3.8) is 0 Å². The van der Waals surface area contributed by atoms with Crippen molar-refractivity contribution in [1.82, 2.24) is 15.1 Å². The summed E-state index contributed by atoms with van der Waals surface area (Å²) >= 11 is 0. The summed E-state index contributed by atoms with van der Waals surface area (Å²) in [5.41, 5.74) is 1.11. The van der Waals surface area contributed by atoms with Gasteiger partial charge in [0.25, 0.3) is 0 Å². The first-order chi connectivity index (χ1) is 13.3. The van der Waals surface area contributed by atoms with E-state index in [1.807, 2.05) is 11.1 Å². The van der Waals surface area contributed by atoms with Crippen molar-refractivity contribution in [2.75, 3.05) is 62.3 Å². The Balaban J connectivity index is 1.27. The summed E-state index contributed by atoms with van der Waals surface area (Å²) in [6.07, 6.45) is 8.96. The molecule has 2 saturated heterocycles. The summed E-state index contributed by atoms with van der Waals surface area (Å²) in [5, 5.41) is 8.54. The SMILES string of the molecule is O=C(CCC1CCCC1)N1CCN(c2cc(N3CCOCC3)cnn2)CC1. The predicted octanol–water partition coefficient (Wildman–Crippen LogP) is 1.93. The molecule has 0 atom stereocenters. The Morgan fingerprint density at radius 2 is 1.78 bits per heavy atom. The maximum atomic E-state index is 12.5. The van der Waals surface area contributed by atoms with E-state index in [2.05, 4.69) is 26.1 Å². The zero-order valence-corrected chi connectivity index (χ0v) is 16.2. The van der Waals surface area contributed by atoms with Crippen LogP contribution in [0, 0.1) is 5.92 Å². The van der Waals surface area contributed by atoms with Gasteiger partial charge in [0.2, 0.25) is 5.91 Å². The summed E-state index contributed by atoms with van der Waals surface area (Å²) in [7, 11) is 0. The van der Waals surface area contributed by atoms with Crippen LogP contribution in [0.15, 0.2) is 12.3 Å². The van der Waals surface area contributed by atoms with Gasteiger partial charge in [0, 0.05) is 51.8 Å². The molecule has 0 aromatic carbocycles. The van der Waals surface area contributed by atoms with Crippen molar-refractivity contribution in [3.8, 4) is 0 Å². The molecule has 7 heteroatoms. The number of carbonyl (C=O) groups is 1. The smallest absolute Gasteiger partial charge is 0.222 e. The van der Waals surface area contributed by atoms with Crippen LogP contribution in [0.5, 0.6) is 0 Å². The first-order valence-corrected chi connectivity index (χ1v) is 10.5. The van der Waals surface area contributed by atoms with Crippen LogP contribution >= 0.6 is 0 Å². The summed E-state index contributed by atoms with van der Waals surface area (Å²) in [6, 6.07) is 2.12. The highest BCUT2D eigenvalue weighted by Gasteiger charge is 2.24. The van der Waals surface area contributed by atoms with Gasteiger partial charge >= 0.3 is 0 Å². The molecule has 3 fully saturated rings. The Hall–Kier alpha value is -1.89. The molecular formula is C20H31N5O2. The maximum absolute atomic E-state index is 12.5. The van der Waals surface area contributed by atoms with Gasteiger partial charge in [-0.1, -0.05) is 25.7 Å². The number of morpholine rings is 1. The van der Waals surface area contributed by atoms with Gasteiger partial charge in [-0.3, -0.25) is 4.79 Å².